The highest BCUT2D eigenvalue weighted by Gasteiger charge is 2.36. The molecule has 0 saturated heterocycles. The Kier molecular flexibility index (Phi) is 3.93. The predicted molar refractivity (Wildman–Crippen MR) is 77.7 cm³/mol. The second kappa shape index (κ2) is 5.64. The van der Waals surface area contributed by atoms with Gasteiger partial charge >= 0.3 is 6.18 Å². The molecule has 0 aliphatic heterocycles. The highest BCUT2D eigenvalue weighted by atomic mass is 32.1. The lowest BCUT2D eigenvalue weighted by Gasteiger charge is -2.31. The van der Waals surface area contributed by atoms with Crippen LogP contribution < -0.4 is 10.1 Å². The number of aromatic nitrogens is 1. The molecule has 0 atom stereocenters. The number of halogens is 3. The van der Waals surface area contributed by atoms with E-state index in [1.165, 1.54) is 12.4 Å². The molecule has 9 heteroatoms. The number of thiophene rings is 1. The van der Waals surface area contributed by atoms with E-state index in [1.807, 2.05) is 0 Å². The van der Waals surface area contributed by atoms with Crippen LogP contribution in [0.4, 0.5) is 13.2 Å². The number of hydrogen-bond donors (Lipinski definition) is 2. The Balaban J connectivity index is 2.08. The number of amides is 1. The standard InChI is InChI=1S/C14H13F3N2O3S/c1-18-13(21)8-5-23-12-9(14(15,16)17)4-10(19-11(8)12)22-7-2-6(20)3-7/h4-7,20H,2-3H2,1H3,(H,18,21)/t6-,7+. The fraction of sp³-hybridized carbons (Fsp3) is 0.429. The minimum absolute atomic E-state index is 0.0287. The highest BCUT2D eigenvalue weighted by molar-refractivity contribution is 7.17. The van der Waals surface area contributed by atoms with Crippen molar-refractivity contribution in [1.82, 2.24) is 10.3 Å². The molecule has 0 bridgehead atoms. The third kappa shape index (κ3) is 2.98. The van der Waals surface area contributed by atoms with Crippen LogP contribution in [-0.4, -0.2) is 35.3 Å². The van der Waals surface area contributed by atoms with Gasteiger partial charge in [-0.3, -0.25) is 4.79 Å². The molecule has 1 saturated carbocycles. The molecule has 0 aromatic carbocycles. The van der Waals surface area contributed by atoms with Crippen LogP contribution in [0.1, 0.15) is 28.8 Å². The van der Waals surface area contributed by atoms with E-state index in [0.717, 1.165) is 17.4 Å². The lowest BCUT2D eigenvalue weighted by molar-refractivity contribution is -0.136. The van der Waals surface area contributed by atoms with E-state index >= 15 is 0 Å². The van der Waals surface area contributed by atoms with Crippen molar-refractivity contribution in [1.29, 1.82) is 0 Å². The number of rotatable bonds is 3. The van der Waals surface area contributed by atoms with Gasteiger partial charge in [-0.05, 0) is 0 Å². The van der Waals surface area contributed by atoms with E-state index in [4.69, 9.17) is 4.74 Å². The van der Waals surface area contributed by atoms with E-state index in [-0.39, 0.29) is 27.8 Å². The Morgan fingerprint density at radius 2 is 2.17 bits per heavy atom. The number of nitrogens with one attached hydrogen (secondary N) is 1. The fourth-order valence-corrected chi connectivity index (χ4v) is 3.38. The van der Waals surface area contributed by atoms with Crippen LogP contribution in [-0.2, 0) is 6.18 Å². The van der Waals surface area contributed by atoms with E-state index in [1.54, 1.807) is 0 Å². The summed E-state index contributed by atoms with van der Waals surface area (Å²) in [6.07, 6.45) is -4.73. The summed E-state index contributed by atoms with van der Waals surface area (Å²) in [5.41, 5.74) is -0.825. The maximum Gasteiger partial charge on any atom is 0.418 e. The van der Waals surface area contributed by atoms with Gasteiger partial charge in [-0.15, -0.1) is 11.3 Å². The first-order chi connectivity index (χ1) is 10.8. The lowest BCUT2D eigenvalue weighted by Crippen LogP contribution is -2.37. The molecule has 0 radical (unpaired) electrons. The van der Waals surface area contributed by atoms with Gasteiger partial charge in [-0.1, -0.05) is 0 Å². The van der Waals surface area contributed by atoms with Crippen LogP contribution >= 0.6 is 11.3 Å². The van der Waals surface area contributed by atoms with Crippen molar-refractivity contribution in [3.63, 3.8) is 0 Å². The summed E-state index contributed by atoms with van der Waals surface area (Å²) in [6.45, 7) is 0. The Morgan fingerprint density at radius 1 is 1.48 bits per heavy atom. The van der Waals surface area contributed by atoms with Gasteiger partial charge in [0.15, 0.2) is 0 Å². The molecule has 1 aliphatic carbocycles. The van der Waals surface area contributed by atoms with Gasteiger partial charge in [0, 0.05) is 31.3 Å². The van der Waals surface area contributed by atoms with Crippen molar-refractivity contribution >= 4 is 27.5 Å². The molecule has 1 amide bonds. The van der Waals surface area contributed by atoms with Crippen LogP contribution in [0.3, 0.4) is 0 Å². The maximum atomic E-state index is 13.3. The molecule has 1 fully saturated rings. The Bertz CT molecular complexity index is 754. The van der Waals surface area contributed by atoms with E-state index < -0.39 is 23.8 Å². The second-order valence-electron chi connectivity index (χ2n) is 5.28. The summed E-state index contributed by atoms with van der Waals surface area (Å²) in [7, 11) is 1.40. The number of carbonyl (C=O) groups excluding carboxylic acids is 1. The summed E-state index contributed by atoms with van der Waals surface area (Å²) in [4.78, 5) is 15.9. The monoisotopic (exact) mass is 346 g/mol. The first-order valence-electron chi connectivity index (χ1n) is 6.86. The molecular weight excluding hydrogens is 333 g/mol. The summed E-state index contributed by atoms with van der Waals surface area (Å²) in [5, 5.41) is 13.0. The molecule has 0 unspecified atom stereocenters. The maximum absolute atomic E-state index is 13.3. The topological polar surface area (TPSA) is 71.5 Å². The number of pyridine rings is 1. The Morgan fingerprint density at radius 3 is 2.74 bits per heavy atom. The van der Waals surface area contributed by atoms with Crippen LogP contribution in [0.25, 0.3) is 10.2 Å². The zero-order valence-electron chi connectivity index (χ0n) is 12.0. The van der Waals surface area contributed by atoms with Crippen LogP contribution in [0.5, 0.6) is 5.88 Å². The van der Waals surface area contributed by atoms with Gasteiger partial charge in [0.1, 0.15) is 6.10 Å². The van der Waals surface area contributed by atoms with Crippen LogP contribution in [0.15, 0.2) is 11.4 Å². The third-order valence-corrected chi connectivity index (χ3v) is 4.64. The van der Waals surface area contributed by atoms with Gasteiger partial charge in [0.2, 0.25) is 5.88 Å². The smallest absolute Gasteiger partial charge is 0.418 e. The van der Waals surface area contributed by atoms with E-state index in [2.05, 4.69) is 10.3 Å². The summed E-state index contributed by atoms with van der Waals surface area (Å²) < 4.78 is 45.1. The van der Waals surface area contributed by atoms with Crippen molar-refractivity contribution in [3.8, 4) is 5.88 Å². The normalized spacial score (nSPS) is 21.1. The van der Waals surface area contributed by atoms with Crippen LogP contribution in [0, 0.1) is 0 Å². The predicted octanol–water partition coefficient (Wildman–Crippen LogP) is 2.58. The summed E-state index contributed by atoms with van der Waals surface area (Å²) in [6, 6.07) is 0.844. The molecule has 23 heavy (non-hydrogen) atoms. The third-order valence-electron chi connectivity index (χ3n) is 3.63. The van der Waals surface area contributed by atoms with Crippen molar-refractivity contribution in [2.45, 2.75) is 31.2 Å². The number of carbonyl (C=O) groups is 1. The number of nitrogens with zero attached hydrogens (tertiary/aromatic N) is 1. The lowest BCUT2D eigenvalue weighted by atomic mass is 9.92. The average Bonchev–Trinajstić information content (AvgIpc) is 2.86. The van der Waals surface area contributed by atoms with Crippen molar-refractivity contribution in [2.24, 2.45) is 0 Å². The van der Waals surface area contributed by atoms with Crippen molar-refractivity contribution in [2.75, 3.05) is 7.05 Å². The van der Waals surface area contributed by atoms with Gasteiger partial charge in [-0.25, -0.2) is 4.98 Å². The molecule has 5 nitrogen and oxygen atoms in total. The van der Waals surface area contributed by atoms with Crippen LogP contribution in [0.2, 0.25) is 0 Å². The first kappa shape index (κ1) is 16.0. The Labute approximate surface area is 133 Å². The number of fused-ring (bicyclic) bond motifs is 1. The van der Waals surface area contributed by atoms with Gasteiger partial charge in [-0.2, -0.15) is 13.2 Å². The number of ether oxygens (including phenoxy) is 1. The molecule has 1 aliphatic rings. The molecule has 2 aromatic heterocycles. The number of aliphatic hydroxyl groups excluding tert-OH is 1. The number of alkyl halides is 3. The summed E-state index contributed by atoms with van der Waals surface area (Å²) >= 11 is 0.820. The molecule has 124 valence electrons. The number of aliphatic hydroxyl groups is 1. The highest BCUT2D eigenvalue weighted by Crippen LogP contribution is 2.40. The van der Waals surface area contributed by atoms with Crippen molar-refractivity contribution in [3.05, 3.63) is 22.6 Å². The first-order valence-corrected chi connectivity index (χ1v) is 7.73. The van der Waals surface area contributed by atoms with Gasteiger partial charge in [0.25, 0.3) is 5.91 Å². The summed E-state index contributed by atoms with van der Waals surface area (Å²) in [5.74, 6) is -0.696. The zero-order valence-corrected chi connectivity index (χ0v) is 12.8. The Hall–Kier alpha value is -1.87. The van der Waals surface area contributed by atoms with Gasteiger partial charge in [0.05, 0.1) is 27.4 Å². The molecular formula is C14H13F3N2O3S. The van der Waals surface area contributed by atoms with Crippen molar-refractivity contribution < 1.29 is 27.8 Å². The van der Waals surface area contributed by atoms with Gasteiger partial charge < -0.3 is 15.2 Å². The molecule has 0 spiro atoms. The quantitative estimate of drug-likeness (QED) is 0.896. The minimum Gasteiger partial charge on any atom is -0.474 e. The molecule has 2 N–H and O–H groups in total. The largest absolute Gasteiger partial charge is 0.474 e. The minimum atomic E-state index is -4.58. The molecule has 2 aromatic rings. The zero-order chi connectivity index (χ0) is 16.8. The van der Waals surface area contributed by atoms with E-state index in [0.29, 0.717) is 12.8 Å². The SMILES string of the molecule is CNC(=O)c1csc2c(C(F)(F)F)cc(O[C@H]3C[C@@H](O)C3)nc12. The second-order valence-corrected chi connectivity index (χ2v) is 6.16. The number of hydrogen-bond acceptors (Lipinski definition) is 5. The molecule has 3 rings (SSSR count). The molecule has 2 heterocycles. The fourth-order valence-electron chi connectivity index (χ4n) is 2.36. The van der Waals surface area contributed by atoms with E-state index in [9.17, 15) is 23.1 Å². The average molecular weight is 346 g/mol.